The van der Waals surface area contributed by atoms with E-state index in [0.29, 0.717) is 11.8 Å². The van der Waals surface area contributed by atoms with Gasteiger partial charge in [-0.25, -0.2) is 4.39 Å². The SMILES string of the molecule is COc1c(F)ccc2c1c(CCNC1CCCc3ccccc31)cn2C. The Bertz CT molecular complexity index is 931. The van der Waals surface area contributed by atoms with Gasteiger partial charge in [0.15, 0.2) is 11.6 Å². The number of nitrogens with one attached hydrogen (secondary N) is 1. The molecule has 0 saturated heterocycles. The number of benzene rings is 2. The molecule has 0 saturated carbocycles. The van der Waals surface area contributed by atoms with Gasteiger partial charge in [0.05, 0.1) is 12.6 Å². The summed E-state index contributed by atoms with van der Waals surface area (Å²) in [6.07, 6.45) is 6.50. The lowest BCUT2D eigenvalue weighted by atomic mass is 9.87. The molecule has 0 aliphatic heterocycles. The van der Waals surface area contributed by atoms with Crippen molar-refractivity contribution < 1.29 is 9.13 Å². The van der Waals surface area contributed by atoms with Gasteiger partial charge in [-0.2, -0.15) is 0 Å². The quantitative estimate of drug-likeness (QED) is 0.730. The zero-order chi connectivity index (χ0) is 18.1. The lowest BCUT2D eigenvalue weighted by Crippen LogP contribution is -2.27. The maximum atomic E-state index is 14.1. The van der Waals surface area contributed by atoms with E-state index in [-0.39, 0.29) is 5.82 Å². The first-order valence-corrected chi connectivity index (χ1v) is 9.30. The minimum absolute atomic E-state index is 0.304. The van der Waals surface area contributed by atoms with E-state index in [9.17, 15) is 4.39 Å². The number of hydrogen-bond donors (Lipinski definition) is 1. The minimum Gasteiger partial charge on any atom is -0.493 e. The van der Waals surface area contributed by atoms with Crippen molar-refractivity contribution in [1.82, 2.24) is 9.88 Å². The molecule has 1 aliphatic rings. The first-order valence-electron chi connectivity index (χ1n) is 9.30. The van der Waals surface area contributed by atoms with E-state index in [1.54, 1.807) is 0 Å². The van der Waals surface area contributed by atoms with Crippen molar-refractivity contribution in [3.8, 4) is 5.75 Å². The van der Waals surface area contributed by atoms with Crippen molar-refractivity contribution in [1.29, 1.82) is 0 Å². The molecule has 26 heavy (non-hydrogen) atoms. The standard InChI is InChI=1S/C22H25FN2O/c1-25-14-16(21-20(25)11-10-18(23)22(21)26-2)12-13-24-19-9-5-7-15-6-3-4-8-17(15)19/h3-4,6,8,10-11,14,19,24H,5,7,9,12-13H2,1-2H3. The summed E-state index contributed by atoms with van der Waals surface area (Å²) < 4.78 is 21.5. The molecule has 1 atom stereocenters. The summed E-state index contributed by atoms with van der Waals surface area (Å²) in [7, 11) is 3.53. The van der Waals surface area contributed by atoms with Gasteiger partial charge in [0.1, 0.15) is 0 Å². The summed E-state index contributed by atoms with van der Waals surface area (Å²) in [6.45, 7) is 0.859. The highest BCUT2D eigenvalue weighted by atomic mass is 19.1. The van der Waals surface area contributed by atoms with Crippen LogP contribution in [0.5, 0.6) is 5.75 Å². The Labute approximate surface area is 153 Å². The number of hydrogen-bond acceptors (Lipinski definition) is 2. The number of rotatable bonds is 5. The molecule has 0 fully saturated rings. The Morgan fingerprint density at radius 1 is 1.23 bits per heavy atom. The number of nitrogens with zero attached hydrogens (tertiary/aromatic N) is 1. The number of halogens is 1. The van der Waals surface area contributed by atoms with Crippen molar-refractivity contribution in [3.05, 3.63) is 65.1 Å². The third-order valence-corrected chi connectivity index (χ3v) is 5.50. The van der Waals surface area contributed by atoms with Crippen LogP contribution in [-0.4, -0.2) is 18.2 Å². The molecule has 1 aliphatic carbocycles. The highest BCUT2D eigenvalue weighted by Crippen LogP contribution is 2.33. The van der Waals surface area contributed by atoms with Crippen LogP contribution in [0.25, 0.3) is 10.9 Å². The van der Waals surface area contributed by atoms with Gasteiger partial charge >= 0.3 is 0 Å². The smallest absolute Gasteiger partial charge is 0.165 e. The second-order valence-corrected chi connectivity index (χ2v) is 7.09. The molecule has 3 nitrogen and oxygen atoms in total. The molecule has 4 heteroatoms. The predicted molar refractivity (Wildman–Crippen MR) is 103 cm³/mol. The summed E-state index contributed by atoms with van der Waals surface area (Å²) in [6, 6.07) is 12.4. The number of methoxy groups -OCH3 is 1. The van der Waals surface area contributed by atoms with Crippen LogP contribution in [0.15, 0.2) is 42.6 Å². The molecule has 1 heterocycles. The average molecular weight is 352 g/mol. The fraction of sp³-hybridized carbons (Fsp3) is 0.364. The summed E-state index contributed by atoms with van der Waals surface area (Å²) in [5, 5.41) is 4.60. The van der Waals surface area contributed by atoms with Crippen LogP contribution in [0.1, 0.15) is 35.6 Å². The summed E-state index contributed by atoms with van der Waals surface area (Å²) in [5.41, 5.74) is 5.02. The molecule has 4 rings (SSSR count). The Hall–Kier alpha value is -2.33. The number of aromatic nitrogens is 1. The van der Waals surface area contributed by atoms with Gasteiger partial charge in [-0.15, -0.1) is 0 Å². The second kappa shape index (κ2) is 7.12. The highest BCUT2D eigenvalue weighted by molar-refractivity contribution is 5.90. The van der Waals surface area contributed by atoms with Crippen molar-refractivity contribution in [2.45, 2.75) is 31.7 Å². The highest BCUT2D eigenvalue weighted by Gasteiger charge is 2.20. The van der Waals surface area contributed by atoms with E-state index in [1.807, 2.05) is 17.7 Å². The number of fused-ring (bicyclic) bond motifs is 2. The molecular weight excluding hydrogens is 327 g/mol. The zero-order valence-electron chi connectivity index (χ0n) is 15.4. The molecule has 0 radical (unpaired) electrons. The van der Waals surface area contributed by atoms with Crippen molar-refractivity contribution in [3.63, 3.8) is 0 Å². The molecule has 1 unspecified atom stereocenters. The van der Waals surface area contributed by atoms with Crippen LogP contribution >= 0.6 is 0 Å². The molecule has 0 bridgehead atoms. The summed E-state index contributed by atoms with van der Waals surface area (Å²) in [5.74, 6) is 0.0442. The first kappa shape index (κ1) is 17.1. The minimum atomic E-state index is -0.304. The predicted octanol–water partition coefficient (Wildman–Crippen LogP) is 4.54. The lowest BCUT2D eigenvalue weighted by Gasteiger charge is -2.26. The van der Waals surface area contributed by atoms with E-state index in [4.69, 9.17) is 4.74 Å². The van der Waals surface area contributed by atoms with Crippen LogP contribution in [0.2, 0.25) is 0 Å². The van der Waals surface area contributed by atoms with Gasteiger partial charge in [0.2, 0.25) is 0 Å². The normalized spacial score (nSPS) is 16.7. The van der Waals surface area contributed by atoms with Crippen molar-refractivity contribution in [2.75, 3.05) is 13.7 Å². The van der Waals surface area contributed by atoms with Gasteiger partial charge in [0.25, 0.3) is 0 Å². The molecule has 2 aromatic carbocycles. The zero-order valence-corrected chi connectivity index (χ0v) is 15.4. The number of ether oxygens (including phenoxy) is 1. The maximum Gasteiger partial charge on any atom is 0.165 e. The molecular formula is C22H25FN2O. The van der Waals surface area contributed by atoms with E-state index < -0.39 is 0 Å². The van der Waals surface area contributed by atoms with Crippen LogP contribution in [-0.2, 0) is 19.9 Å². The third-order valence-electron chi connectivity index (χ3n) is 5.50. The van der Waals surface area contributed by atoms with Crippen LogP contribution < -0.4 is 10.1 Å². The van der Waals surface area contributed by atoms with Gasteiger partial charge < -0.3 is 14.6 Å². The monoisotopic (exact) mass is 352 g/mol. The molecule has 3 aromatic rings. The lowest BCUT2D eigenvalue weighted by molar-refractivity contribution is 0.391. The van der Waals surface area contributed by atoms with Gasteiger partial charge in [-0.3, -0.25) is 0 Å². The van der Waals surface area contributed by atoms with Crippen molar-refractivity contribution >= 4 is 10.9 Å². The third kappa shape index (κ3) is 2.99. The van der Waals surface area contributed by atoms with Crippen LogP contribution in [0.4, 0.5) is 4.39 Å². The Kier molecular flexibility index (Phi) is 4.68. The van der Waals surface area contributed by atoms with Crippen molar-refractivity contribution in [2.24, 2.45) is 7.05 Å². The largest absolute Gasteiger partial charge is 0.493 e. The van der Waals surface area contributed by atoms with E-state index in [1.165, 1.54) is 43.6 Å². The number of aryl methyl sites for hydroxylation is 2. The van der Waals surface area contributed by atoms with E-state index >= 15 is 0 Å². The average Bonchev–Trinajstić information content (AvgIpc) is 2.98. The van der Waals surface area contributed by atoms with Gasteiger partial charge in [-0.1, -0.05) is 24.3 Å². The van der Waals surface area contributed by atoms with Gasteiger partial charge in [0, 0.05) is 24.7 Å². The Balaban J connectivity index is 1.54. The Morgan fingerprint density at radius 2 is 2.08 bits per heavy atom. The summed E-state index contributed by atoms with van der Waals surface area (Å²) >= 11 is 0. The first-order chi connectivity index (χ1) is 12.7. The topological polar surface area (TPSA) is 26.2 Å². The molecule has 0 spiro atoms. The second-order valence-electron chi connectivity index (χ2n) is 7.09. The van der Waals surface area contributed by atoms with Crippen LogP contribution in [0.3, 0.4) is 0 Å². The van der Waals surface area contributed by atoms with Gasteiger partial charge in [-0.05, 0) is 61.1 Å². The van der Waals surface area contributed by atoms with E-state index in [0.717, 1.165) is 29.4 Å². The molecule has 0 amide bonds. The fourth-order valence-corrected chi connectivity index (χ4v) is 4.26. The van der Waals surface area contributed by atoms with E-state index in [2.05, 4.69) is 35.8 Å². The summed E-state index contributed by atoms with van der Waals surface area (Å²) in [4.78, 5) is 0. The Morgan fingerprint density at radius 3 is 2.92 bits per heavy atom. The maximum absolute atomic E-state index is 14.1. The van der Waals surface area contributed by atoms with Crippen LogP contribution in [0, 0.1) is 5.82 Å². The molecule has 1 N–H and O–H groups in total. The molecule has 136 valence electrons. The fourth-order valence-electron chi connectivity index (χ4n) is 4.26. The molecule has 1 aromatic heterocycles.